The van der Waals surface area contributed by atoms with Crippen molar-refractivity contribution in [2.45, 2.75) is 6.92 Å². The molecule has 0 unspecified atom stereocenters. The van der Waals surface area contributed by atoms with Crippen molar-refractivity contribution in [2.75, 3.05) is 6.61 Å². The molecule has 0 spiro atoms. The molecule has 2 aromatic rings. The maximum Gasteiger partial charge on any atom is 0.277 e. The third-order valence-corrected chi connectivity index (χ3v) is 3.49. The molecule has 1 N–H and O–H groups in total. The van der Waals surface area contributed by atoms with Crippen molar-refractivity contribution in [2.24, 2.45) is 5.10 Å². The average molecular weight is 372 g/mol. The molecule has 0 heterocycles. The Morgan fingerprint density at radius 2 is 1.87 bits per heavy atom. The van der Waals surface area contributed by atoms with E-state index in [2.05, 4.69) is 26.5 Å². The average Bonchev–Trinajstić information content (AvgIpc) is 2.59. The number of hydrogen-bond acceptors (Lipinski definition) is 4. The molecular formula is C17H14BrN3O2. The van der Waals surface area contributed by atoms with E-state index in [4.69, 9.17) is 10.00 Å². The second-order valence-electron chi connectivity index (χ2n) is 4.66. The van der Waals surface area contributed by atoms with Crippen LogP contribution in [0.2, 0.25) is 0 Å². The van der Waals surface area contributed by atoms with Gasteiger partial charge in [0.05, 0.1) is 17.3 Å². The Kier molecular flexibility index (Phi) is 5.89. The lowest BCUT2D eigenvalue weighted by Crippen LogP contribution is -2.25. The van der Waals surface area contributed by atoms with E-state index in [1.807, 2.05) is 37.3 Å². The lowest BCUT2D eigenvalue weighted by atomic mass is 10.1. The summed E-state index contributed by atoms with van der Waals surface area (Å²) in [6.07, 6.45) is 0. The van der Waals surface area contributed by atoms with Crippen molar-refractivity contribution >= 4 is 27.5 Å². The number of amides is 1. The van der Waals surface area contributed by atoms with Crippen LogP contribution < -0.4 is 10.2 Å². The fourth-order valence-electron chi connectivity index (χ4n) is 1.71. The van der Waals surface area contributed by atoms with Crippen LogP contribution in [0.5, 0.6) is 5.75 Å². The second-order valence-corrected chi connectivity index (χ2v) is 5.58. The van der Waals surface area contributed by atoms with E-state index >= 15 is 0 Å². The highest BCUT2D eigenvalue weighted by atomic mass is 79.9. The number of hydrazone groups is 1. The van der Waals surface area contributed by atoms with Gasteiger partial charge in [0.1, 0.15) is 5.75 Å². The summed E-state index contributed by atoms with van der Waals surface area (Å²) in [7, 11) is 0. The zero-order valence-electron chi connectivity index (χ0n) is 12.4. The van der Waals surface area contributed by atoms with Crippen LogP contribution >= 0.6 is 15.9 Å². The number of hydrogen-bond donors (Lipinski definition) is 1. The minimum atomic E-state index is -0.356. The molecule has 0 saturated carbocycles. The molecule has 2 rings (SSSR count). The van der Waals surface area contributed by atoms with Crippen molar-refractivity contribution < 1.29 is 9.53 Å². The molecule has 116 valence electrons. The molecule has 2 aromatic carbocycles. The molecular weight excluding hydrogens is 358 g/mol. The largest absolute Gasteiger partial charge is 0.484 e. The van der Waals surface area contributed by atoms with Gasteiger partial charge in [-0.3, -0.25) is 4.79 Å². The Balaban J connectivity index is 1.85. The summed E-state index contributed by atoms with van der Waals surface area (Å²) in [5, 5.41) is 12.7. The summed E-state index contributed by atoms with van der Waals surface area (Å²) in [6.45, 7) is 1.66. The summed E-state index contributed by atoms with van der Waals surface area (Å²) in [5.41, 5.74) is 4.60. The minimum absolute atomic E-state index is 0.150. The topological polar surface area (TPSA) is 74.5 Å². The maximum absolute atomic E-state index is 11.7. The van der Waals surface area contributed by atoms with Gasteiger partial charge < -0.3 is 4.74 Å². The van der Waals surface area contributed by atoms with Crippen molar-refractivity contribution in [1.29, 1.82) is 5.26 Å². The monoisotopic (exact) mass is 371 g/mol. The highest BCUT2D eigenvalue weighted by Crippen LogP contribution is 2.12. The zero-order valence-corrected chi connectivity index (χ0v) is 14.0. The molecule has 23 heavy (non-hydrogen) atoms. The lowest BCUT2D eigenvalue weighted by Gasteiger charge is -2.06. The summed E-state index contributed by atoms with van der Waals surface area (Å²) in [4.78, 5) is 11.7. The molecule has 0 fully saturated rings. The van der Waals surface area contributed by atoms with E-state index in [0.29, 0.717) is 17.0 Å². The molecule has 6 heteroatoms. The Morgan fingerprint density at radius 1 is 1.22 bits per heavy atom. The standard InChI is InChI=1S/C17H14BrN3O2/c1-12(14-4-6-15(18)7-5-14)20-21-17(22)11-23-16-8-2-13(10-19)3-9-16/h2-9H,11H2,1H3,(H,21,22)/b20-12-. The Labute approximate surface area is 142 Å². The van der Waals surface area contributed by atoms with Gasteiger partial charge in [0, 0.05) is 4.47 Å². The van der Waals surface area contributed by atoms with E-state index in [-0.39, 0.29) is 12.5 Å². The maximum atomic E-state index is 11.7. The molecule has 0 atom stereocenters. The molecule has 0 aliphatic carbocycles. The van der Waals surface area contributed by atoms with Crippen molar-refractivity contribution in [3.8, 4) is 11.8 Å². The number of carbonyl (C=O) groups is 1. The van der Waals surface area contributed by atoms with Gasteiger partial charge in [-0.2, -0.15) is 10.4 Å². The number of ether oxygens (including phenoxy) is 1. The van der Waals surface area contributed by atoms with Crippen LogP contribution in [0.4, 0.5) is 0 Å². The number of carbonyl (C=O) groups excluding carboxylic acids is 1. The number of rotatable bonds is 5. The summed E-state index contributed by atoms with van der Waals surface area (Å²) in [5.74, 6) is 0.165. The molecule has 0 aliphatic rings. The van der Waals surface area contributed by atoms with Gasteiger partial charge in [0.25, 0.3) is 5.91 Å². The van der Waals surface area contributed by atoms with Crippen LogP contribution in [-0.4, -0.2) is 18.2 Å². The first-order valence-electron chi connectivity index (χ1n) is 6.80. The van der Waals surface area contributed by atoms with E-state index in [9.17, 15) is 4.79 Å². The predicted molar refractivity (Wildman–Crippen MR) is 91.1 cm³/mol. The Hall–Kier alpha value is -2.65. The van der Waals surface area contributed by atoms with Crippen LogP contribution in [-0.2, 0) is 4.79 Å². The van der Waals surface area contributed by atoms with Crippen molar-refractivity contribution in [3.05, 3.63) is 64.1 Å². The Morgan fingerprint density at radius 3 is 2.48 bits per heavy atom. The Bertz CT molecular complexity index is 747. The molecule has 5 nitrogen and oxygen atoms in total. The van der Waals surface area contributed by atoms with Gasteiger partial charge >= 0.3 is 0 Å². The van der Waals surface area contributed by atoms with Crippen LogP contribution in [0.25, 0.3) is 0 Å². The summed E-state index contributed by atoms with van der Waals surface area (Å²) < 4.78 is 6.30. The first-order chi connectivity index (χ1) is 11.1. The third kappa shape index (κ3) is 5.24. The van der Waals surface area contributed by atoms with E-state index < -0.39 is 0 Å². The molecule has 1 amide bonds. The normalized spacial score (nSPS) is 10.7. The van der Waals surface area contributed by atoms with E-state index in [0.717, 1.165) is 10.0 Å². The quantitative estimate of drug-likeness (QED) is 0.647. The first kappa shape index (κ1) is 16.7. The van der Waals surface area contributed by atoms with Gasteiger partial charge in [-0.15, -0.1) is 0 Å². The molecule has 0 bridgehead atoms. The molecule has 0 radical (unpaired) electrons. The number of nitrogens with zero attached hydrogens (tertiary/aromatic N) is 2. The highest BCUT2D eigenvalue weighted by molar-refractivity contribution is 9.10. The van der Waals surface area contributed by atoms with Gasteiger partial charge in [-0.1, -0.05) is 28.1 Å². The van der Waals surface area contributed by atoms with Crippen molar-refractivity contribution in [1.82, 2.24) is 5.43 Å². The molecule has 0 saturated heterocycles. The second kappa shape index (κ2) is 8.11. The summed E-state index contributed by atoms with van der Waals surface area (Å²) >= 11 is 3.36. The minimum Gasteiger partial charge on any atom is -0.484 e. The predicted octanol–water partition coefficient (Wildman–Crippen LogP) is 3.24. The van der Waals surface area contributed by atoms with Crippen LogP contribution in [0.1, 0.15) is 18.1 Å². The summed E-state index contributed by atoms with van der Waals surface area (Å²) in [6, 6.07) is 16.2. The van der Waals surface area contributed by atoms with Gasteiger partial charge in [0.2, 0.25) is 0 Å². The van der Waals surface area contributed by atoms with Crippen LogP contribution in [0.15, 0.2) is 58.1 Å². The fourth-order valence-corrected chi connectivity index (χ4v) is 1.97. The van der Waals surface area contributed by atoms with Crippen LogP contribution in [0.3, 0.4) is 0 Å². The zero-order chi connectivity index (χ0) is 16.7. The number of nitrogens with one attached hydrogen (secondary N) is 1. The molecule has 0 aromatic heterocycles. The van der Waals surface area contributed by atoms with Gasteiger partial charge in [0.15, 0.2) is 6.61 Å². The van der Waals surface area contributed by atoms with Crippen molar-refractivity contribution in [3.63, 3.8) is 0 Å². The number of nitriles is 1. The van der Waals surface area contributed by atoms with Gasteiger partial charge in [-0.05, 0) is 48.9 Å². The van der Waals surface area contributed by atoms with E-state index in [1.165, 1.54) is 0 Å². The third-order valence-electron chi connectivity index (χ3n) is 2.96. The molecule has 0 aliphatic heterocycles. The van der Waals surface area contributed by atoms with Crippen LogP contribution in [0, 0.1) is 11.3 Å². The lowest BCUT2D eigenvalue weighted by molar-refractivity contribution is -0.123. The number of benzene rings is 2. The number of halogens is 1. The fraction of sp³-hybridized carbons (Fsp3) is 0.118. The highest BCUT2D eigenvalue weighted by Gasteiger charge is 2.03. The first-order valence-corrected chi connectivity index (χ1v) is 7.60. The van der Waals surface area contributed by atoms with Gasteiger partial charge in [-0.25, -0.2) is 5.43 Å². The smallest absolute Gasteiger partial charge is 0.277 e. The van der Waals surface area contributed by atoms with E-state index in [1.54, 1.807) is 24.3 Å². The SMILES string of the molecule is C/C(=N/NC(=O)COc1ccc(C#N)cc1)c1ccc(Br)cc1.